The van der Waals surface area contributed by atoms with Gasteiger partial charge in [0.1, 0.15) is 5.75 Å². The van der Waals surface area contributed by atoms with E-state index in [9.17, 15) is 0 Å². The second-order valence-electron chi connectivity index (χ2n) is 2.25. The van der Waals surface area contributed by atoms with Crippen molar-refractivity contribution >= 4 is 34.7 Å². The van der Waals surface area contributed by atoms with Crippen LogP contribution in [0.15, 0.2) is 23.2 Å². The van der Waals surface area contributed by atoms with Gasteiger partial charge in [-0.15, -0.1) is 0 Å². The summed E-state index contributed by atoms with van der Waals surface area (Å²) in [5, 5.41) is 2.78. The van der Waals surface area contributed by atoms with Crippen LogP contribution in [0.4, 0.5) is 5.69 Å². The number of rotatable bonds is 3. The van der Waals surface area contributed by atoms with Crippen LogP contribution in [0.5, 0.6) is 5.75 Å². The van der Waals surface area contributed by atoms with Gasteiger partial charge in [0, 0.05) is 6.07 Å². The summed E-state index contributed by atoms with van der Waals surface area (Å²) in [6.07, 6.45) is 0. The van der Waals surface area contributed by atoms with Crippen LogP contribution in [0, 0.1) is 0 Å². The first-order chi connectivity index (χ1) is 6.27. The summed E-state index contributed by atoms with van der Waals surface area (Å²) in [4.78, 5) is 3.78. The van der Waals surface area contributed by atoms with Gasteiger partial charge in [-0.25, -0.2) is 0 Å². The number of isothiocyanates is 1. The molecule has 1 aromatic carbocycles. The Morgan fingerprint density at radius 2 is 2.38 bits per heavy atom. The molecule has 1 aromatic rings. The van der Waals surface area contributed by atoms with Crippen LogP contribution in [0.1, 0.15) is 6.92 Å². The Kier molecular flexibility index (Phi) is 3.90. The second kappa shape index (κ2) is 4.97. The molecule has 13 heavy (non-hydrogen) atoms. The molecule has 0 aliphatic carbocycles. The Bertz CT molecular complexity index is 347. The Hall–Kier alpha value is -0.890. The number of ether oxygens (including phenoxy) is 1. The number of thiocarbonyl (C=S) groups is 1. The Morgan fingerprint density at radius 3 is 2.92 bits per heavy atom. The van der Waals surface area contributed by atoms with Gasteiger partial charge in [-0.3, -0.25) is 0 Å². The number of hydrogen-bond acceptors (Lipinski definition) is 3. The zero-order valence-electron chi connectivity index (χ0n) is 7.08. The monoisotopic (exact) mass is 213 g/mol. The van der Waals surface area contributed by atoms with Gasteiger partial charge in [-0.05, 0) is 31.3 Å². The molecular weight excluding hydrogens is 206 g/mol. The molecule has 0 unspecified atom stereocenters. The lowest BCUT2D eigenvalue weighted by Gasteiger charge is -2.03. The van der Waals surface area contributed by atoms with Gasteiger partial charge >= 0.3 is 0 Å². The summed E-state index contributed by atoms with van der Waals surface area (Å²) in [6, 6.07) is 5.24. The first kappa shape index (κ1) is 10.2. The molecule has 0 aromatic heterocycles. The van der Waals surface area contributed by atoms with Crippen LogP contribution in [-0.2, 0) is 0 Å². The van der Waals surface area contributed by atoms with E-state index in [2.05, 4.69) is 22.4 Å². The molecule has 2 nitrogen and oxygen atoms in total. The molecule has 0 amide bonds. The smallest absolute Gasteiger partial charge is 0.120 e. The van der Waals surface area contributed by atoms with Crippen LogP contribution in [0.3, 0.4) is 0 Å². The summed E-state index contributed by atoms with van der Waals surface area (Å²) < 4.78 is 5.25. The average Bonchev–Trinajstić information content (AvgIpc) is 2.10. The highest BCUT2D eigenvalue weighted by molar-refractivity contribution is 7.78. The molecule has 0 atom stereocenters. The normalized spacial score (nSPS) is 9.08. The maximum Gasteiger partial charge on any atom is 0.120 e. The summed E-state index contributed by atoms with van der Waals surface area (Å²) in [6.45, 7) is 2.53. The molecule has 1 rings (SSSR count). The van der Waals surface area contributed by atoms with Crippen LogP contribution in [0.2, 0.25) is 5.02 Å². The number of halogens is 1. The Morgan fingerprint density at radius 1 is 1.62 bits per heavy atom. The maximum absolute atomic E-state index is 5.88. The third-order valence-corrected chi connectivity index (χ3v) is 1.79. The lowest BCUT2D eigenvalue weighted by Crippen LogP contribution is -1.90. The van der Waals surface area contributed by atoms with Crippen molar-refractivity contribution < 1.29 is 4.74 Å². The van der Waals surface area contributed by atoms with Crippen molar-refractivity contribution in [2.45, 2.75) is 6.92 Å². The minimum absolute atomic E-state index is 0.517. The number of benzene rings is 1. The highest BCUT2D eigenvalue weighted by Crippen LogP contribution is 2.28. The van der Waals surface area contributed by atoms with Gasteiger partial charge in [0.2, 0.25) is 0 Å². The molecule has 68 valence electrons. The molecule has 0 heterocycles. The predicted molar refractivity (Wildman–Crippen MR) is 57.3 cm³/mol. The lowest BCUT2D eigenvalue weighted by molar-refractivity contribution is 0.340. The van der Waals surface area contributed by atoms with Crippen molar-refractivity contribution in [2.24, 2.45) is 4.99 Å². The van der Waals surface area contributed by atoms with Crippen LogP contribution in [-0.4, -0.2) is 11.8 Å². The molecule has 0 bridgehead atoms. The predicted octanol–water partition coefficient (Wildman–Crippen LogP) is 3.47. The van der Waals surface area contributed by atoms with Crippen molar-refractivity contribution in [2.75, 3.05) is 6.61 Å². The van der Waals surface area contributed by atoms with Gasteiger partial charge in [-0.2, -0.15) is 4.99 Å². The molecule has 0 saturated heterocycles. The Labute approximate surface area is 87.2 Å². The van der Waals surface area contributed by atoms with Crippen molar-refractivity contribution in [3.05, 3.63) is 23.2 Å². The van der Waals surface area contributed by atoms with Gasteiger partial charge in [0.05, 0.1) is 22.5 Å². The molecule has 0 aliphatic rings. The lowest BCUT2D eigenvalue weighted by atomic mass is 10.3. The van der Waals surface area contributed by atoms with E-state index in [0.29, 0.717) is 17.3 Å². The second-order valence-corrected chi connectivity index (χ2v) is 2.84. The summed E-state index contributed by atoms with van der Waals surface area (Å²) in [7, 11) is 0. The van der Waals surface area contributed by atoms with E-state index in [4.69, 9.17) is 16.3 Å². The van der Waals surface area contributed by atoms with Crippen molar-refractivity contribution in [3.8, 4) is 5.75 Å². The molecule has 0 radical (unpaired) electrons. The third kappa shape index (κ3) is 2.81. The van der Waals surface area contributed by atoms with Gasteiger partial charge in [0.15, 0.2) is 0 Å². The van der Waals surface area contributed by atoms with E-state index in [1.54, 1.807) is 18.2 Å². The molecule has 0 N–H and O–H groups in total. The largest absolute Gasteiger partial charge is 0.494 e. The third-order valence-electron chi connectivity index (χ3n) is 1.40. The molecule has 0 spiro atoms. The zero-order valence-corrected chi connectivity index (χ0v) is 8.65. The average molecular weight is 214 g/mol. The molecule has 0 aliphatic heterocycles. The molecule has 0 saturated carbocycles. The highest BCUT2D eigenvalue weighted by atomic mass is 35.5. The van der Waals surface area contributed by atoms with E-state index in [0.717, 1.165) is 5.75 Å². The number of nitrogens with zero attached hydrogens (tertiary/aromatic N) is 1. The number of aliphatic imine (C=N–C) groups is 1. The summed E-state index contributed by atoms with van der Waals surface area (Å²) in [5.41, 5.74) is 0.611. The molecule has 4 heteroatoms. The number of hydrogen-bond donors (Lipinski definition) is 0. The van der Waals surface area contributed by atoms with E-state index in [-0.39, 0.29) is 0 Å². The quantitative estimate of drug-likeness (QED) is 0.567. The topological polar surface area (TPSA) is 21.6 Å². The first-order valence-electron chi connectivity index (χ1n) is 3.78. The van der Waals surface area contributed by atoms with E-state index >= 15 is 0 Å². The van der Waals surface area contributed by atoms with Crippen molar-refractivity contribution in [1.82, 2.24) is 0 Å². The molecular formula is C9H8ClNOS. The highest BCUT2D eigenvalue weighted by Gasteiger charge is 1.99. The van der Waals surface area contributed by atoms with Crippen LogP contribution < -0.4 is 4.74 Å². The van der Waals surface area contributed by atoms with E-state index in [1.807, 2.05) is 6.92 Å². The standard InChI is InChI=1S/C9H8ClNOS/c1-2-12-7-3-4-9(11-6-13)8(10)5-7/h3-5H,2H2,1H3. The van der Waals surface area contributed by atoms with Crippen LogP contribution in [0.25, 0.3) is 0 Å². The maximum atomic E-state index is 5.88. The van der Waals surface area contributed by atoms with E-state index in [1.165, 1.54) is 0 Å². The SMILES string of the molecule is CCOc1ccc(N=C=S)c(Cl)c1. The van der Waals surface area contributed by atoms with Gasteiger partial charge in [-0.1, -0.05) is 11.6 Å². The van der Waals surface area contributed by atoms with E-state index < -0.39 is 0 Å². The fraction of sp³-hybridized carbons (Fsp3) is 0.222. The summed E-state index contributed by atoms with van der Waals surface area (Å²) >= 11 is 10.4. The van der Waals surface area contributed by atoms with Crippen molar-refractivity contribution in [1.29, 1.82) is 0 Å². The van der Waals surface area contributed by atoms with Crippen LogP contribution >= 0.6 is 23.8 Å². The first-order valence-corrected chi connectivity index (χ1v) is 4.56. The fourth-order valence-electron chi connectivity index (χ4n) is 0.884. The fourth-order valence-corrected chi connectivity index (χ4v) is 1.20. The van der Waals surface area contributed by atoms with Gasteiger partial charge < -0.3 is 4.74 Å². The summed E-state index contributed by atoms with van der Waals surface area (Å²) in [5.74, 6) is 0.732. The Balaban J connectivity index is 2.98. The minimum atomic E-state index is 0.517. The van der Waals surface area contributed by atoms with Gasteiger partial charge in [0.25, 0.3) is 0 Å². The minimum Gasteiger partial charge on any atom is -0.494 e. The van der Waals surface area contributed by atoms with Crippen molar-refractivity contribution in [3.63, 3.8) is 0 Å². The zero-order chi connectivity index (χ0) is 9.68. The molecule has 0 fully saturated rings.